The number of carbonyl (C=O) groups excluding carboxylic acids is 2. The first-order chi connectivity index (χ1) is 12.4. The number of nitrogens with one attached hydrogen (secondary N) is 1. The number of benzene rings is 2. The number of fused-ring (bicyclic) bond motifs is 1. The number of carbonyl (C=O) groups is 2. The van der Waals surface area contributed by atoms with Crippen LogP contribution >= 0.6 is 0 Å². The van der Waals surface area contributed by atoms with E-state index in [0.29, 0.717) is 18.2 Å². The molecule has 1 aliphatic heterocycles. The van der Waals surface area contributed by atoms with E-state index in [1.165, 1.54) is 5.56 Å². The second-order valence-corrected chi connectivity index (χ2v) is 6.83. The number of hydrogen-bond acceptors (Lipinski definition) is 3. The van der Waals surface area contributed by atoms with E-state index in [0.717, 1.165) is 23.4 Å². The van der Waals surface area contributed by atoms with Crippen molar-refractivity contribution in [1.82, 2.24) is 0 Å². The summed E-state index contributed by atoms with van der Waals surface area (Å²) in [7, 11) is 0. The van der Waals surface area contributed by atoms with E-state index in [9.17, 15) is 9.59 Å². The van der Waals surface area contributed by atoms with E-state index >= 15 is 0 Å². The fraction of sp³-hybridized carbons (Fsp3) is 0.333. The quantitative estimate of drug-likeness (QED) is 0.892. The van der Waals surface area contributed by atoms with E-state index in [2.05, 4.69) is 19.2 Å². The molecular formula is C21H24N2O3. The predicted octanol–water partition coefficient (Wildman–Crippen LogP) is 3.74. The minimum Gasteiger partial charge on any atom is -0.484 e. The lowest BCUT2D eigenvalue weighted by molar-refractivity contribution is -0.118. The number of ether oxygens (including phenoxy) is 1. The highest BCUT2D eigenvalue weighted by atomic mass is 16.5. The van der Waals surface area contributed by atoms with Gasteiger partial charge in [0.05, 0.1) is 0 Å². The average molecular weight is 352 g/mol. The van der Waals surface area contributed by atoms with Gasteiger partial charge in [0.2, 0.25) is 5.91 Å². The Morgan fingerprint density at radius 1 is 1.19 bits per heavy atom. The largest absolute Gasteiger partial charge is 0.484 e. The zero-order valence-electron chi connectivity index (χ0n) is 15.4. The van der Waals surface area contributed by atoms with Gasteiger partial charge in [0.25, 0.3) is 5.91 Å². The monoisotopic (exact) mass is 352 g/mol. The molecule has 5 heteroatoms. The lowest BCUT2D eigenvalue weighted by Gasteiger charge is -2.15. The SMILES string of the molecule is CC(=O)N1CCc2cc(NC(=O)COc3cccc(C(C)C)c3)ccc21. The summed E-state index contributed by atoms with van der Waals surface area (Å²) in [6.45, 7) is 6.45. The Labute approximate surface area is 154 Å². The maximum Gasteiger partial charge on any atom is 0.262 e. The van der Waals surface area contributed by atoms with E-state index < -0.39 is 0 Å². The summed E-state index contributed by atoms with van der Waals surface area (Å²) in [6.07, 6.45) is 0.803. The predicted molar refractivity (Wildman–Crippen MR) is 103 cm³/mol. The first kappa shape index (κ1) is 18.0. The van der Waals surface area contributed by atoms with Crippen molar-refractivity contribution in [3.63, 3.8) is 0 Å². The molecule has 136 valence electrons. The van der Waals surface area contributed by atoms with Gasteiger partial charge in [-0.05, 0) is 53.8 Å². The zero-order chi connectivity index (χ0) is 18.7. The molecule has 2 amide bonds. The molecule has 0 saturated heterocycles. The van der Waals surface area contributed by atoms with Crippen LogP contribution in [0.25, 0.3) is 0 Å². The van der Waals surface area contributed by atoms with Crippen LogP contribution in [0.2, 0.25) is 0 Å². The molecule has 0 spiro atoms. The van der Waals surface area contributed by atoms with Gasteiger partial charge in [-0.15, -0.1) is 0 Å². The number of anilines is 2. The molecule has 26 heavy (non-hydrogen) atoms. The van der Waals surface area contributed by atoms with Crippen molar-refractivity contribution in [2.75, 3.05) is 23.4 Å². The molecule has 5 nitrogen and oxygen atoms in total. The highest BCUT2D eigenvalue weighted by Gasteiger charge is 2.22. The maximum atomic E-state index is 12.2. The summed E-state index contributed by atoms with van der Waals surface area (Å²) >= 11 is 0. The second kappa shape index (κ2) is 7.60. The fourth-order valence-corrected chi connectivity index (χ4v) is 3.12. The van der Waals surface area contributed by atoms with Crippen LogP contribution in [-0.2, 0) is 16.0 Å². The molecule has 0 atom stereocenters. The lowest BCUT2D eigenvalue weighted by Crippen LogP contribution is -2.25. The van der Waals surface area contributed by atoms with Crippen LogP contribution in [0.3, 0.4) is 0 Å². The summed E-state index contributed by atoms with van der Waals surface area (Å²) in [4.78, 5) is 25.5. The molecule has 0 aromatic heterocycles. The first-order valence-electron chi connectivity index (χ1n) is 8.87. The van der Waals surface area contributed by atoms with Crippen molar-refractivity contribution in [3.8, 4) is 5.75 Å². The van der Waals surface area contributed by atoms with Crippen molar-refractivity contribution >= 4 is 23.2 Å². The molecule has 1 N–H and O–H groups in total. The molecule has 0 saturated carbocycles. The van der Waals surface area contributed by atoms with Crippen LogP contribution in [-0.4, -0.2) is 25.0 Å². The number of amides is 2. The highest BCUT2D eigenvalue weighted by Crippen LogP contribution is 2.30. The summed E-state index contributed by atoms with van der Waals surface area (Å²) in [5, 5.41) is 2.86. The van der Waals surface area contributed by atoms with E-state index in [1.54, 1.807) is 11.8 Å². The topological polar surface area (TPSA) is 58.6 Å². The van der Waals surface area contributed by atoms with Crippen LogP contribution in [0.4, 0.5) is 11.4 Å². The first-order valence-corrected chi connectivity index (χ1v) is 8.87. The molecular weight excluding hydrogens is 328 g/mol. The van der Waals surface area contributed by atoms with Crippen LogP contribution in [0, 0.1) is 0 Å². The Hall–Kier alpha value is -2.82. The standard InChI is InChI=1S/C21H24N2O3/c1-14(2)16-5-4-6-19(12-16)26-13-21(25)22-18-7-8-20-17(11-18)9-10-23(20)15(3)24/h4-8,11-12,14H,9-10,13H2,1-3H3,(H,22,25). The van der Waals surface area contributed by atoms with Crippen molar-refractivity contribution < 1.29 is 14.3 Å². The van der Waals surface area contributed by atoms with Gasteiger partial charge >= 0.3 is 0 Å². The summed E-state index contributed by atoms with van der Waals surface area (Å²) in [5.41, 5.74) is 3.90. The Kier molecular flexibility index (Phi) is 5.26. The van der Waals surface area contributed by atoms with Crippen molar-refractivity contribution in [2.24, 2.45) is 0 Å². The zero-order valence-corrected chi connectivity index (χ0v) is 15.4. The van der Waals surface area contributed by atoms with Gasteiger partial charge in [0.1, 0.15) is 5.75 Å². The van der Waals surface area contributed by atoms with Crippen molar-refractivity contribution in [3.05, 3.63) is 53.6 Å². The molecule has 0 aliphatic carbocycles. The number of hydrogen-bond donors (Lipinski definition) is 1. The second-order valence-electron chi connectivity index (χ2n) is 6.83. The van der Waals surface area contributed by atoms with Crippen molar-refractivity contribution in [2.45, 2.75) is 33.1 Å². The number of rotatable bonds is 5. The Balaban J connectivity index is 1.59. The van der Waals surface area contributed by atoms with Gasteiger partial charge in [-0.1, -0.05) is 26.0 Å². The average Bonchev–Trinajstić information content (AvgIpc) is 3.03. The van der Waals surface area contributed by atoms with Gasteiger partial charge in [-0.3, -0.25) is 9.59 Å². The Morgan fingerprint density at radius 3 is 2.73 bits per heavy atom. The normalized spacial score (nSPS) is 12.8. The summed E-state index contributed by atoms with van der Waals surface area (Å²) in [6, 6.07) is 13.4. The van der Waals surface area contributed by atoms with Gasteiger partial charge in [-0.2, -0.15) is 0 Å². The van der Waals surface area contributed by atoms with Crippen LogP contribution < -0.4 is 15.0 Å². The lowest BCUT2D eigenvalue weighted by atomic mass is 10.0. The fourth-order valence-electron chi connectivity index (χ4n) is 3.12. The molecule has 2 aromatic rings. The smallest absolute Gasteiger partial charge is 0.262 e. The third kappa shape index (κ3) is 4.04. The van der Waals surface area contributed by atoms with Gasteiger partial charge in [0.15, 0.2) is 6.61 Å². The maximum absolute atomic E-state index is 12.2. The van der Waals surface area contributed by atoms with Gasteiger partial charge in [-0.25, -0.2) is 0 Å². The third-order valence-electron chi connectivity index (χ3n) is 4.53. The molecule has 1 heterocycles. The summed E-state index contributed by atoms with van der Waals surface area (Å²) in [5.74, 6) is 0.935. The molecule has 0 bridgehead atoms. The molecule has 2 aromatic carbocycles. The van der Waals surface area contributed by atoms with Crippen molar-refractivity contribution in [1.29, 1.82) is 0 Å². The van der Waals surface area contributed by atoms with Crippen LogP contribution in [0.5, 0.6) is 5.75 Å². The highest BCUT2D eigenvalue weighted by molar-refractivity contribution is 5.95. The minimum absolute atomic E-state index is 0.0394. The van der Waals surface area contributed by atoms with Gasteiger partial charge in [0, 0.05) is 24.8 Å². The molecule has 0 unspecified atom stereocenters. The Bertz CT molecular complexity index is 830. The van der Waals surface area contributed by atoms with E-state index in [4.69, 9.17) is 4.74 Å². The van der Waals surface area contributed by atoms with Crippen LogP contribution in [0.15, 0.2) is 42.5 Å². The molecule has 0 fully saturated rings. The summed E-state index contributed by atoms with van der Waals surface area (Å²) < 4.78 is 5.61. The number of nitrogens with zero attached hydrogens (tertiary/aromatic N) is 1. The van der Waals surface area contributed by atoms with Crippen LogP contribution in [0.1, 0.15) is 37.8 Å². The molecule has 0 radical (unpaired) electrons. The van der Waals surface area contributed by atoms with E-state index in [1.807, 2.05) is 42.5 Å². The third-order valence-corrected chi connectivity index (χ3v) is 4.53. The Morgan fingerprint density at radius 2 is 2.00 bits per heavy atom. The van der Waals surface area contributed by atoms with Gasteiger partial charge < -0.3 is 15.0 Å². The minimum atomic E-state index is -0.207. The molecule has 1 aliphatic rings. The van der Waals surface area contributed by atoms with E-state index in [-0.39, 0.29) is 18.4 Å². The molecule has 3 rings (SSSR count).